The molecular weight excluding hydrogens is 479 g/mol. The summed E-state index contributed by atoms with van der Waals surface area (Å²) < 4.78 is 41.5. The minimum atomic E-state index is -0.598. The summed E-state index contributed by atoms with van der Waals surface area (Å²) in [4.78, 5) is 30.1. The van der Waals surface area contributed by atoms with Gasteiger partial charge in [0, 0.05) is 0 Å². The third-order valence-electron chi connectivity index (χ3n) is 5.11. The maximum absolute atomic E-state index is 13.7. The highest BCUT2D eigenvalue weighted by atomic mass is 32.2. The number of esters is 1. The molecule has 35 heavy (non-hydrogen) atoms. The number of thioether (sulfide) groups is 1. The molecule has 0 atom stereocenters. The van der Waals surface area contributed by atoms with Gasteiger partial charge in [-0.3, -0.25) is 9.36 Å². The number of hydrogen-bond donors (Lipinski definition) is 0. The first kappa shape index (κ1) is 24.1. The van der Waals surface area contributed by atoms with Crippen molar-refractivity contribution in [3.05, 3.63) is 70.2 Å². The van der Waals surface area contributed by atoms with E-state index < -0.39 is 17.3 Å². The number of fused-ring (bicyclic) bond motifs is 1. The average molecular weight is 501 g/mol. The molecule has 0 saturated heterocycles. The van der Waals surface area contributed by atoms with Gasteiger partial charge in [-0.2, -0.15) is 0 Å². The SMILES string of the molecule is COC(=O)c1ccc(CSc2nc3c(OC)c(OC)c(OC)cc3c(=O)n2-c2ccc(F)cc2)o1. The van der Waals surface area contributed by atoms with Gasteiger partial charge in [-0.25, -0.2) is 14.2 Å². The van der Waals surface area contributed by atoms with Gasteiger partial charge in [-0.05, 0) is 42.5 Å². The highest BCUT2D eigenvalue weighted by Crippen LogP contribution is 2.42. The molecule has 0 aliphatic carbocycles. The Labute approximate surface area is 203 Å². The lowest BCUT2D eigenvalue weighted by Gasteiger charge is -2.17. The summed E-state index contributed by atoms with van der Waals surface area (Å²) in [5, 5.41) is 0.509. The Morgan fingerprint density at radius 1 is 1.03 bits per heavy atom. The molecular formula is C24H21FN2O7S. The first-order chi connectivity index (χ1) is 16.9. The first-order valence-electron chi connectivity index (χ1n) is 10.2. The molecule has 4 aromatic rings. The van der Waals surface area contributed by atoms with E-state index in [-0.39, 0.29) is 33.3 Å². The fourth-order valence-corrected chi connectivity index (χ4v) is 4.38. The van der Waals surface area contributed by atoms with Gasteiger partial charge < -0.3 is 23.4 Å². The van der Waals surface area contributed by atoms with Gasteiger partial charge in [-0.1, -0.05) is 11.8 Å². The van der Waals surface area contributed by atoms with Crippen molar-refractivity contribution < 1.29 is 32.5 Å². The van der Waals surface area contributed by atoms with Gasteiger partial charge in [0.05, 0.1) is 45.3 Å². The van der Waals surface area contributed by atoms with Crippen LogP contribution in [0.1, 0.15) is 16.3 Å². The summed E-state index contributed by atoms with van der Waals surface area (Å²) in [5.41, 5.74) is 0.264. The van der Waals surface area contributed by atoms with Crippen LogP contribution in [0.4, 0.5) is 4.39 Å². The number of carbonyl (C=O) groups excluding carboxylic acids is 1. The summed E-state index contributed by atoms with van der Waals surface area (Å²) in [6.45, 7) is 0. The molecule has 0 saturated carbocycles. The van der Waals surface area contributed by atoms with Gasteiger partial charge in [0.25, 0.3) is 5.56 Å². The van der Waals surface area contributed by atoms with Crippen molar-refractivity contribution in [1.29, 1.82) is 0 Å². The molecule has 0 bridgehead atoms. The van der Waals surface area contributed by atoms with E-state index in [4.69, 9.17) is 23.6 Å². The number of aromatic nitrogens is 2. The predicted octanol–water partition coefficient (Wildman–Crippen LogP) is 4.22. The Morgan fingerprint density at radius 3 is 2.37 bits per heavy atom. The van der Waals surface area contributed by atoms with Gasteiger partial charge in [0.15, 0.2) is 16.7 Å². The smallest absolute Gasteiger partial charge is 0.373 e. The first-order valence-corrected chi connectivity index (χ1v) is 11.2. The van der Waals surface area contributed by atoms with Crippen molar-refractivity contribution >= 4 is 28.6 Å². The van der Waals surface area contributed by atoms with Crippen molar-refractivity contribution in [3.63, 3.8) is 0 Å². The molecule has 4 rings (SSSR count). The van der Waals surface area contributed by atoms with Crippen molar-refractivity contribution in [3.8, 4) is 22.9 Å². The molecule has 182 valence electrons. The third-order valence-corrected chi connectivity index (χ3v) is 6.07. The Hall–Kier alpha value is -3.99. The van der Waals surface area contributed by atoms with E-state index in [1.807, 2.05) is 0 Å². The van der Waals surface area contributed by atoms with E-state index in [0.29, 0.717) is 22.9 Å². The molecule has 0 fully saturated rings. The van der Waals surface area contributed by atoms with Crippen LogP contribution in [0.3, 0.4) is 0 Å². The van der Waals surface area contributed by atoms with E-state index in [2.05, 4.69) is 4.74 Å². The third kappa shape index (κ3) is 4.54. The van der Waals surface area contributed by atoms with Gasteiger partial charge in [0.1, 0.15) is 17.1 Å². The van der Waals surface area contributed by atoms with Crippen molar-refractivity contribution in [1.82, 2.24) is 9.55 Å². The summed E-state index contributed by atoms with van der Waals surface area (Å²) in [6, 6.07) is 10.1. The number of hydrogen-bond acceptors (Lipinski definition) is 9. The van der Waals surface area contributed by atoms with Crippen LogP contribution in [0.5, 0.6) is 17.2 Å². The molecule has 0 aliphatic rings. The van der Waals surface area contributed by atoms with Crippen molar-refractivity contribution in [2.24, 2.45) is 0 Å². The second-order valence-corrected chi connectivity index (χ2v) is 8.04. The number of ether oxygens (including phenoxy) is 4. The number of rotatable bonds is 8. The van der Waals surface area contributed by atoms with Crippen molar-refractivity contribution in [2.45, 2.75) is 10.9 Å². The second-order valence-electron chi connectivity index (χ2n) is 7.10. The Kier molecular flexibility index (Phi) is 6.97. The largest absolute Gasteiger partial charge is 0.493 e. The van der Waals surface area contributed by atoms with Gasteiger partial charge in [-0.15, -0.1) is 0 Å². The standard InChI is InChI=1S/C24H21FN2O7S/c1-30-18-11-16-19(21(32-3)20(18)31-2)26-24(27(22(16)28)14-7-5-13(25)6-8-14)35-12-15-9-10-17(34-15)23(29)33-4/h5-11H,12H2,1-4H3. The van der Waals surface area contributed by atoms with E-state index in [9.17, 15) is 14.0 Å². The number of furan rings is 1. The lowest BCUT2D eigenvalue weighted by molar-refractivity contribution is 0.0563. The average Bonchev–Trinajstić information content (AvgIpc) is 3.35. The zero-order valence-electron chi connectivity index (χ0n) is 19.3. The molecule has 11 heteroatoms. The number of benzene rings is 2. The molecule has 0 unspecified atom stereocenters. The molecule has 0 spiro atoms. The van der Waals surface area contributed by atoms with Crippen LogP contribution in [0.25, 0.3) is 16.6 Å². The Balaban J connectivity index is 1.90. The predicted molar refractivity (Wildman–Crippen MR) is 127 cm³/mol. The number of methoxy groups -OCH3 is 4. The van der Waals surface area contributed by atoms with E-state index in [1.165, 1.54) is 81.2 Å². The fraction of sp³-hybridized carbons (Fsp3) is 0.208. The molecule has 2 aromatic carbocycles. The monoisotopic (exact) mass is 500 g/mol. The van der Waals surface area contributed by atoms with E-state index >= 15 is 0 Å². The lowest BCUT2D eigenvalue weighted by atomic mass is 10.2. The van der Waals surface area contributed by atoms with Crippen LogP contribution in [-0.2, 0) is 10.5 Å². The normalized spacial score (nSPS) is 10.9. The Morgan fingerprint density at radius 2 is 1.74 bits per heavy atom. The maximum Gasteiger partial charge on any atom is 0.373 e. The highest BCUT2D eigenvalue weighted by molar-refractivity contribution is 7.98. The van der Waals surface area contributed by atoms with Crippen LogP contribution in [-0.4, -0.2) is 44.0 Å². The minimum Gasteiger partial charge on any atom is -0.493 e. The summed E-state index contributed by atoms with van der Waals surface area (Å²) in [6.07, 6.45) is 0. The van der Waals surface area contributed by atoms with E-state index in [0.717, 1.165) is 0 Å². The highest BCUT2D eigenvalue weighted by Gasteiger charge is 2.23. The van der Waals surface area contributed by atoms with Crippen LogP contribution >= 0.6 is 11.8 Å². The van der Waals surface area contributed by atoms with Crippen LogP contribution in [0.2, 0.25) is 0 Å². The molecule has 0 amide bonds. The minimum absolute atomic E-state index is 0.0593. The quantitative estimate of drug-likeness (QED) is 0.200. The van der Waals surface area contributed by atoms with Crippen LogP contribution in [0.15, 0.2) is 56.8 Å². The zero-order chi connectivity index (χ0) is 25.1. The zero-order valence-corrected chi connectivity index (χ0v) is 20.1. The molecule has 2 aromatic heterocycles. The molecule has 9 nitrogen and oxygen atoms in total. The molecule has 0 aliphatic heterocycles. The number of carbonyl (C=O) groups is 1. The van der Waals surface area contributed by atoms with Crippen LogP contribution in [0, 0.1) is 5.82 Å². The number of halogens is 1. The fourth-order valence-electron chi connectivity index (χ4n) is 3.48. The topological polar surface area (TPSA) is 102 Å². The number of nitrogens with zero attached hydrogens (tertiary/aromatic N) is 2. The molecule has 0 radical (unpaired) electrons. The molecule has 0 N–H and O–H groups in total. The van der Waals surface area contributed by atoms with Crippen molar-refractivity contribution in [2.75, 3.05) is 28.4 Å². The van der Waals surface area contributed by atoms with E-state index in [1.54, 1.807) is 6.07 Å². The van der Waals surface area contributed by atoms with Crippen LogP contribution < -0.4 is 19.8 Å². The maximum atomic E-state index is 13.7. The summed E-state index contributed by atoms with van der Waals surface area (Å²) in [5.74, 6) is 0.553. The summed E-state index contributed by atoms with van der Waals surface area (Å²) in [7, 11) is 5.60. The molecule has 2 heterocycles. The lowest BCUT2D eigenvalue weighted by Crippen LogP contribution is -2.22. The summed E-state index contributed by atoms with van der Waals surface area (Å²) >= 11 is 1.19. The van der Waals surface area contributed by atoms with Gasteiger partial charge >= 0.3 is 5.97 Å². The van der Waals surface area contributed by atoms with Gasteiger partial charge in [0.2, 0.25) is 11.5 Å². The Bertz CT molecular complexity index is 1450. The second kappa shape index (κ2) is 10.1.